The predicted octanol–water partition coefficient (Wildman–Crippen LogP) is 1.94. The number of aliphatic hydroxyl groups excluding tert-OH is 1. The standard InChI is InChI=1S/C28H31FN6O5/c1-27(2)14-34(12-16-3-6-20(30-11-16)24-31-15-40-33-24)10-9-28(27,39)19-5-4-17-18(23(19)29)13-35(26(17)38)21-7-8-22(36)32-25(21)37/h3-6,11,15,21,25,37,39H,7-10,12-14H2,1-2H3,(H,32,36)/t21?,25?,28-/m1/s1. The number of carbonyl (C=O) groups is 2. The van der Waals surface area contributed by atoms with Gasteiger partial charge in [0, 0.05) is 54.4 Å². The maximum absolute atomic E-state index is 16.1. The molecular weight excluding hydrogens is 519 g/mol. The van der Waals surface area contributed by atoms with E-state index < -0.39 is 29.1 Å². The number of aromatic nitrogens is 3. The lowest BCUT2D eigenvalue weighted by Gasteiger charge is -2.50. The van der Waals surface area contributed by atoms with E-state index in [1.54, 1.807) is 12.3 Å². The van der Waals surface area contributed by atoms with Gasteiger partial charge in [0.25, 0.3) is 5.91 Å². The molecular formula is C28H31FN6O5. The third-order valence-corrected chi connectivity index (χ3v) is 8.60. The van der Waals surface area contributed by atoms with Gasteiger partial charge in [-0.25, -0.2) is 4.39 Å². The molecule has 0 aliphatic carbocycles. The van der Waals surface area contributed by atoms with Crippen LogP contribution in [0.5, 0.6) is 0 Å². The van der Waals surface area contributed by atoms with Crippen LogP contribution in [0.2, 0.25) is 0 Å². The Balaban J connectivity index is 1.19. The normalized spacial score (nSPS) is 26.6. The predicted molar refractivity (Wildman–Crippen MR) is 139 cm³/mol. The molecule has 2 fully saturated rings. The molecule has 3 aliphatic rings. The van der Waals surface area contributed by atoms with Crippen molar-refractivity contribution in [1.29, 1.82) is 0 Å². The van der Waals surface area contributed by atoms with Crippen LogP contribution in [0.3, 0.4) is 0 Å². The summed E-state index contributed by atoms with van der Waals surface area (Å²) < 4.78 is 20.9. The van der Waals surface area contributed by atoms with Crippen molar-refractivity contribution < 1.29 is 28.7 Å². The van der Waals surface area contributed by atoms with Gasteiger partial charge in [0.15, 0.2) is 0 Å². The average Bonchev–Trinajstić information content (AvgIpc) is 3.56. The molecule has 0 saturated carbocycles. The van der Waals surface area contributed by atoms with E-state index in [0.717, 1.165) is 5.56 Å². The van der Waals surface area contributed by atoms with Crippen molar-refractivity contribution >= 4 is 11.8 Å². The molecule has 2 aromatic heterocycles. The van der Waals surface area contributed by atoms with Crippen LogP contribution in [0.1, 0.15) is 60.2 Å². The second-order valence-corrected chi connectivity index (χ2v) is 11.5. The van der Waals surface area contributed by atoms with Gasteiger partial charge in [0.05, 0.1) is 18.2 Å². The Morgan fingerprint density at radius 3 is 2.70 bits per heavy atom. The first-order chi connectivity index (χ1) is 19.1. The molecule has 5 heterocycles. The highest BCUT2D eigenvalue weighted by atomic mass is 19.1. The number of halogens is 1. The lowest BCUT2D eigenvalue weighted by molar-refractivity contribution is -0.129. The number of nitrogens with one attached hydrogen (secondary N) is 1. The van der Waals surface area contributed by atoms with Gasteiger partial charge >= 0.3 is 0 Å². The highest BCUT2D eigenvalue weighted by Gasteiger charge is 2.51. The van der Waals surface area contributed by atoms with E-state index in [9.17, 15) is 19.8 Å². The summed E-state index contributed by atoms with van der Waals surface area (Å²) in [6.45, 7) is 5.45. The molecule has 2 amide bonds. The summed E-state index contributed by atoms with van der Waals surface area (Å²) in [6, 6.07) is 6.23. The van der Waals surface area contributed by atoms with Crippen LogP contribution in [0.4, 0.5) is 4.39 Å². The number of amides is 2. The number of pyridine rings is 1. The minimum Gasteiger partial charge on any atom is -0.384 e. The van der Waals surface area contributed by atoms with Crippen molar-refractivity contribution in [2.24, 2.45) is 5.41 Å². The molecule has 0 spiro atoms. The van der Waals surface area contributed by atoms with E-state index >= 15 is 4.39 Å². The van der Waals surface area contributed by atoms with Crippen LogP contribution >= 0.6 is 0 Å². The lowest BCUT2D eigenvalue weighted by Crippen LogP contribution is -2.55. The first-order valence-electron chi connectivity index (χ1n) is 13.3. The number of carbonyl (C=O) groups excluding carboxylic acids is 2. The summed E-state index contributed by atoms with van der Waals surface area (Å²) in [5.41, 5.74) is 0.0265. The van der Waals surface area contributed by atoms with Crippen molar-refractivity contribution in [3.05, 3.63) is 64.9 Å². The van der Waals surface area contributed by atoms with Gasteiger partial charge in [0.2, 0.25) is 18.1 Å². The van der Waals surface area contributed by atoms with Gasteiger partial charge in [0.1, 0.15) is 17.7 Å². The van der Waals surface area contributed by atoms with Crippen molar-refractivity contribution in [3.8, 4) is 11.5 Å². The van der Waals surface area contributed by atoms with Gasteiger partial charge in [-0.3, -0.25) is 19.5 Å². The van der Waals surface area contributed by atoms with Crippen LogP contribution < -0.4 is 5.32 Å². The number of rotatable bonds is 5. The van der Waals surface area contributed by atoms with Crippen LogP contribution in [0, 0.1) is 11.2 Å². The van der Waals surface area contributed by atoms with Crippen LogP contribution in [-0.4, -0.2) is 72.3 Å². The zero-order valence-electron chi connectivity index (χ0n) is 22.3. The minimum absolute atomic E-state index is 0.0269. The number of piperidine rings is 2. The Morgan fingerprint density at radius 1 is 1.20 bits per heavy atom. The quantitative estimate of drug-likeness (QED) is 0.434. The monoisotopic (exact) mass is 550 g/mol. The number of likely N-dealkylation sites (tertiary alicyclic amines) is 1. The highest BCUT2D eigenvalue weighted by molar-refractivity contribution is 5.99. The maximum Gasteiger partial charge on any atom is 0.255 e. The Morgan fingerprint density at radius 2 is 2.02 bits per heavy atom. The summed E-state index contributed by atoms with van der Waals surface area (Å²) in [5.74, 6) is -0.846. The SMILES string of the molecule is CC1(C)CN(Cc2ccc(-c3ncon3)nc2)CC[C@@]1(O)c1ccc2c(c1F)CN(C1CCC(=O)NC1O)C2=O. The first-order valence-corrected chi connectivity index (χ1v) is 13.3. The highest BCUT2D eigenvalue weighted by Crippen LogP contribution is 2.48. The van der Waals surface area contributed by atoms with E-state index in [4.69, 9.17) is 4.52 Å². The van der Waals surface area contributed by atoms with E-state index in [1.807, 2.05) is 26.0 Å². The third-order valence-electron chi connectivity index (χ3n) is 8.60. The molecule has 2 saturated heterocycles. The smallest absolute Gasteiger partial charge is 0.255 e. The molecule has 0 bridgehead atoms. The molecule has 12 heteroatoms. The molecule has 6 rings (SSSR count). The Bertz CT molecular complexity index is 1450. The number of aliphatic hydroxyl groups is 2. The van der Waals surface area contributed by atoms with Crippen LogP contribution in [0.25, 0.3) is 11.5 Å². The second-order valence-electron chi connectivity index (χ2n) is 11.5. The van der Waals surface area contributed by atoms with Crippen molar-refractivity contribution in [2.45, 2.75) is 64.1 Å². The molecule has 1 aromatic carbocycles. The lowest BCUT2D eigenvalue weighted by atomic mass is 9.66. The fourth-order valence-electron chi connectivity index (χ4n) is 6.31. The maximum atomic E-state index is 16.1. The molecule has 210 valence electrons. The topological polar surface area (TPSA) is 145 Å². The third kappa shape index (κ3) is 4.36. The fraction of sp³-hybridized carbons (Fsp3) is 0.464. The van der Waals surface area contributed by atoms with Crippen molar-refractivity contribution in [1.82, 2.24) is 30.2 Å². The summed E-state index contributed by atoms with van der Waals surface area (Å²) in [7, 11) is 0. The summed E-state index contributed by atoms with van der Waals surface area (Å²) in [6.07, 6.45) is 2.58. The zero-order valence-corrected chi connectivity index (χ0v) is 22.3. The molecule has 0 radical (unpaired) electrons. The Labute approximate surface area is 230 Å². The number of nitrogens with zero attached hydrogens (tertiary/aromatic N) is 5. The van der Waals surface area contributed by atoms with Gasteiger partial charge in [-0.2, -0.15) is 4.98 Å². The molecule has 40 heavy (non-hydrogen) atoms. The fourth-order valence-corrected chi connectivity index (χ4v) is 6.31. The van der Waals surface area contributed by atoms with Crippen molar-refractivity contribution in [2.75, 3.05) is 13.1 Å². The first kappa shape index (κ1) is 26.5. The Kier molecular flexibility index (Phi) is 6.43. The summed E-state index contributed by atoms with van der Waals surface area (Å²) in [5, 5.41) is 28.6. The zero-order chi connectivity index (χ0) is 28.2. The number of benzene rings is 1. The number of hydrogen-bond acceptors (Lipinski definition) is 9. The van der Waals surface area contributed by atoms with E-state index in [-0.39, 0.29) is 41.5 Å². The van der Waals surface area contributed by atoms with Gasteiger partial charge in [-0.05, 0) is 30.5 Å². The molecule has 3 N–H and O–H groups in total. The summed E-state index contributed by atoms with van der Waals surface area (Å²) >= 11 is 0. The minimum atomic E-state index is -1.46. The molecule has 3 atom stereocenters. The summed E-state index contributed by atoms with van der Waals surface area (Å²) in [4.78, 5) is 36.8. The number of hydrogen-bond donors (Lipinski definition) is 3. The molecule has 11 nitrogen and oxygen atoms in total. The van der Waals surface area contributed by atoms with Crippen molar-refractivity contribution in [3.63, 3.8) is 0 Å². The number of fused-ring (bicyclic) bond motifs is 1. The van der Waals surface area contributed by atoms with E-state index in [2.05, 4.69) is 25.3 Å². The van der Waals surface area contributed by atoms with E-state index in [1.165, 1.54) is 17.4 Å². The largest absolute Gasteiger partial charge is 0.384 e. The van der Waals surface area contributed by atoms with Gasteiger partial charge < -0.3 is 25.0 Å². The van der Waals surface area contributed by atoms with Gasteiger partial charge in [-0.1, -0.05) is 31.1 Å². The molecule has 3 aliphatic heterocycles. The van der Waals surface area contributed by atoms with E-state index in [0.29, 0.717) is 44.0 Å². The second kappa shape index (κ2) is 9.72. The molecule has 3 aromatic rings. The Hall–Kier alpha value is -3.74. The van der Waals surface area contributed by atoms with Crippen LogP contribution in [-0.2, 0) is 23.5 Å². The van der Waals surface area contributed by atoms with Gasteiger partial charge in [-0.15, -0.1) is 0 Å². The molecule has 2 unspecified atom stereocenters. The van der Waals surface area contributed by atoms with Crippen LogP contribution in [0.15, 0.2) is 41.4 Å². The average molecular weight is 551 g/mol.